The first-order chi connectivity index (χ1) is 11.0. The summed E-state index contributed by atoms with van der Waals surface area (Å²) in [5.41, 5.74) is 1.41. The second-order valence-corrected chi connectivity index (χ2v) is 8.83. The molecule has 0 spiro atoms. The third-order valence-electron chi connectivity index (χ3n) is 4.03. The first-order valence-corrected chi connectivity index (χ1v) is 10.2. The lowest BCUT2D eigenvalue weighted by atomic mass is 9.86. The molecular weight excluding hydrogens is 324 g/mol. The van der Waals surface area contributed by atoms with E-state index < -0.39 is 10.0 Å². The molecule has 0 heterocycles. The van der Waals surface area contributed by atoms with Crippen LogP contribution in [0.2, 0.25) is 0 Å². The number of hydrogen-bond donors (Lipinski definition) is 0. The Morgan fingerprint density at radius 1 is 1.08 bits per heavy atom. The van der Waals surface area contributed by atoms with Crippen molar-refractivity contribution in [3.8, 4) is 0 Å². The molecule has 136 valence electrons. The highest BCUT2D eigenvalue weighted by Crippen LogP contribution is 2.33. The highest BCUT2D eigenvalue weighted by atomic mass is 32.2. The van der Waals surface area contributed by atoms with Crippen LogP contribution in [0.25, 0.3) is 0 Å². The van der Waals surface area contributed by atoms with Crippen molar-refractivity contribution in [1.82, 2.24) is 4.90 Å². The number of amides is 1. The molecule has 1 aromatic rings. The molecule has 6 heteroatoms. The van der Waals surface area contributed by atoms with E-state index in [-0.39, 0.29) is 24.3 Å². The van der Waals surface area contributed by atoms with Crippen LogP contribution in [0.15, 0.2) is 24.3 Å². The van der Waals surface area contributed by atoms with Crippen molar-refractivity contribution in [3.63, 3.8) is 0 Å². The van der Waals surface area contributed by atoms with Gasteiger partial charge in [-0.15, -0.1) is 0 Å². The number of benzene rings is 1. The standard InChI is InChI=1S/C18H30N2O3S/c1-7-19(8-2)17(21)13-14-20(24(6,22)23)16-12-10-9-11-15(16)18(3,4)5/h9-12H,7-8,13-14H2,1-6H3. The zero-order valence-electron chi connectivity index (χ0n) is 15.7. The fraction of sp³-hybridized carbons (Fsp3) is 0.611. The Kier molecular flexibility index (Phi) is 6.84. The zero-order chi connectivity index (χ0) is 18.5. The molecule has 0 unspecified atom stereocenters. The minimum Gasteiger partial charge on any atom is -0.343 e. The van der Waals surface area contributed by atoms with Gasteiger partial charge in [-0.2, -0.15) is 0 Å². The zero-order valence-corrected chi connectivity index (χ0v) is 16.5. The van der Waals surface area contributed by atoms with Gasteiger partial charge in [0.2, 0.25) is 15.9 Å². The van der Waals surface area contributed by atoms with Crippen molar-refractivity contribution in [2.75, 3.05) is 30.2 Å². The fourth-order valence-electron chi connectivity index (χ4n) is 2.72. The SMILES string of the molecule is CCN(CC)C(=O)CCN(c1ccccc1C(C)(C)C)S(C)(=O)=O. The minimum absolute atomic E-state index is 0.0260. The molecule has 1 amide bonds. The number of rotatable bonds is 7. The van der Waals surface area contributed by atoms with Crippen LogP contribution in [0.4, 0.5) is 5.69 Å². The van der Waals surface area contributed by atoms with Crippen molar-refractivity contribution in [2.24, 2.45) is 0 Å². The van der Waals surface area contributed by atoms with Gasteiger partial charge in [0, 0.05) is 26.1 Å². The van der Waals surface area contributed by atoms with Crippen molar-refractivity contribution in [3.05, 3.63) is 29.8 Å². The molecule has 0 aromatic heterocycles. The summed E-state index contributed by atoms with van der Waals surface area (Å²) in [6.07, 6.45) is 1.36. The molecule has 0 N–H and O–H groups in total. The second kappa shape index (κ2) is 8.01. The molecule has 0 aliphatic rings. The van der Waals surface area contributed by atoms with Gasteiger partial charge in [-0.05, 0) is 30.9 Å². The van der Waals surface area contributed by atoms with Gasteiger partial charge < -0.3 is 4.90 Å². The molecular formula is C18H30N2O3S. The van der Waals surface area contributed by atoms with E-state index in [0.717, 1.165) is 5.56 Å². The predicted molar refractivity (Wildman–Crippen MR) is 99.9 cm³/mol. The van der Waals surface area contributed by atoms with Crippen molar-refractivity contribution in [1.29, 1.82) is 0 Å². The molecule has 0 atom stereocenters. The quantitative estimate of drug-likeness (QED) is 0.756. The summed E-state index contributed by atoms with van der Waals surface area (Å²) in [7, 11) is -3.47. The Labute approximate surface area is 146 Å². The first kappa shape index (κ1) is 20.5. The number of sulfonamides is 1. The molecule has 5 nitrogen and oxygen atoms in total. The van der Waals surface area contributed by atoms with Gasteiger partial charge in [0.15, 0.2) is 0 Å². The van der Waals surface area contributed by atoms with Crippen LogP contribution < -0.4 is 4.31 Å². The van der Waals surface area contributed by atoms with Crippen LogP contribution in [0, 0.1) is 0 Å². The third-order valence-corrected chi connectivity index (χ3v) is 5.21. The second-order valence-electron chi connectivity index (χ2n) is 6.92. The Balaban J connectivity index is 3.16. The van der Waals surface area contributed by atoms with Crippen LogP contribution in [0.5, 0.6) is 0 Å². The van der Waals surface area contributed by atoms with E-state index in [4.69, 9.17) is 0 Å². The van der Waals surface area contributed by atoms with Crippen molar-refractivity contribution in [2.45, 2.75) is 46.5 Å². The van der Waals surface area contributed by atoms with Crippen LogP contribution >= 0.6 is 0 Å². The third kappa shape index (κ3) is 5.23. The van der Waals surface area contributed by atoms with Crippen LogP contribution in [-0.4, -0.2) is 45.1 Å². The van der Waals surface area contributed by atoms with Crippen molar-refractivity contribution >= 4 is 21.6 Å². The number of carbonyl (C=O) groups is 1. The average Bonchev–Trinajstić information content (AvgIpc) is 2.46. The summed E-state index contributed by atoms with van der Waals surface area (Å²) in [6, 6.07) is 7.49. The normalized spacial score (nSPS) is 12.1. The number of nitrogens with zero attached hydrogens (tertiary/aromatic N) is 2. The summed E-state index contributed by atoms with van der Waals surface area (Å²) in [4.78, 5) is 14.0. The fourth-order valence-corrected chi connectivity index (χ4v) is 3.66. The number of para-hydroxylation sites is 1. The van der Waals surface area contributed by atoms with Gasteiger partial charge in [0.1, 0.15) is 0 Å². The highest BCUT2D eigenvalue weighted by molar-refractivity contribution is 7.92. The van der Waals surface area contributed by atoms with Crippen LogP contribution in [0.1, 0.15) is 46.6 Å². The molecule has 0 saturated carbocycles. The molecule has 0 bridgehead atoms. The van der Waals surface area contributed by atoms with Gasteiger partial charge in [-0.25, -0.2) is 8.42 Å². The molecule has 0 saturated heterocycles. The number of carbonyl (C=O) groups excluding carboxylic acids is 1. The lowest BCUT2D eigenvalue weighted by molar-refractivity contribution is -0.130. The van der Waals surface area contributed by atoms with E-state index >= 15 is 0 Å². The lowest BCUT2D eigenvalue weighted by Crippen LogP contribution is -2.37. The van der Waals surface area contributed by atoms with Crippen LogP contribution in [-0.2, 0) is 20.2 Å². The van der Waals surface area contributed by atoms with E-state index in [0.29, 0.717) is 18.8 Å². The molecule has 1 aromatic carbocycles. The maximum atomic E-state index is 12.3. The summed E-state index contributed by atoms with van der Waals surface area (Å²) in [5, 5.41) is 0. The van der Waals surface area contributed by atoms with Gasteiger partial charge >= 0.3 is 0 Å². The minimum atomic E-state index is -3.47. The van der Waals surface area contributed by atoms with E-state index in [1.165, 1.54) is 10.6 Å². The van der Waals surface area contributed by atoms with E-state index in [9.17, 15) is 13.2 Å². The summed E-state index contributed by atoms with van der Waals surface area (Å²) in [5.74, 6) is -0.0260. The summed E-state index contributed by atoms with van der Waals surface area (Å²) in [6.45, 7) is 11.4. The average molecular weight is 355 g/mol. The molecule has 1 rings (SSSR count). The van der Waals surface area contributed by atoms with Gasteiger partial charge in [0.25, 0.3) is 0 Å². The highest BCUT2D eigenvalue weighted by Gasteiger charge is 2.26. The Hall–Kier alpha value is -1.56. The lowest BCUT2D eigenvalue weighted by Gasteiger charge is -2.30. The molecule has 24 heavy (non-hydrogen) atoms. The van der Waals surface area contributed by atoms with Crippen LogP contribution in [0.3, 0.4) is 0 Å². The monoisotopic (exact) mass is 354 g/mol. The molecule has 0 aliphatic heterocycles. The van der Waals surface area contributed by atoms with Gasteiger partial charge in [-0.1, -0.05) is 39.0 Å². The smallest absolute Gasteiger partial charge is 0.232 e. The summed E-state index contributed by atoms with van der Waals surface area (Å²) >= 11 is 0. The Morgan fingerprint density at radius 2 is 1.62 bits per heavy atom. The van der Waals surface area contributed by atoms with Gasteiger partial charge in [0.05, 0.1) is 11.9 Å². The number of anilines is 1. The van der Waals surface area contributed by atoms with E-state index in [1.54, 1.807) is 4.90 Å². The largest absolute Gasteiger partial charge is 0.343 e. The topological polar surface area (TPSA) is 57.7 Å². The van der Waals surface area contributed by atoms with E-state index in [1.807, 2.05) is 58.9 Å². The maximum Gasteiger partial charge on any atom is 0.232 e. The van der Waals surface area contributed by atoms with E-state index in [2.05, 4.69) is 0 Å². The number of hydrogen-bond acceptors (Lipinski definition) is 3. The summed E-state index contributed by atoms with van der Waals surface area (Å²) < 4.78 is 26.0. The Bertz CT molecular complexity index is 659. The Morgan fingerprint density at radius 3 is 2.08 bits per heavy atom. The molecule has 0 radical (unpaired) electrons. The first-order valence-electron chi connectivity index (χ1n) is 8.37. The molecule has 0 aliphatic carbocycles. The maximum absolute atomic E-state index is 12.3. The predicted octanol–water partition coefficient (Wildman–Crippen LogP) is 3.01. The van der Waals surface area contributed by atoms with Crippen molar-refractivity contribution < 1.29 is 13.2 Å². The van der Waals surface area contributed by atoms with Gasteiger partial charge in [-0.3, -0.25) is 9.10 Å². The molecule has 0 fully saturated rings.